The van der Waals surface area contributed by atoms with Gasteiger partial charge in [-0.15, -0.1) is 0 Å². The lowest BCUT2D eigenvalue weighted by Gasteiger charge is -2.13. The maximum Gasteiger partial charge on any atom is 0.160 e. The number of rotatable bonds is 2. The maximum atomic E-state index is 10.0. The monoisotopic (exact) mass is 269 g/mol. The Morgan fingerprint density at radius 1 is 1.15 bits per heavy atom. The summed E-state index contributed by atoms with van der Waals surface area (Å²) < 4.78 is 1.95. The first-order chi connectivity index (χ1) is 9.58. The van der Waals surface area contributed by atoms with Gasteiger partial charge in [-0.25, -0.2) is 9.97 Å². The van der Waals surface area contributed by atoms with E-state index in [4.69, 9.17) is 0 Å². The van der Waals surface area contributed by atoms with Crippen LogP contribution in [0.5, 0.6) is 11.5 Å². The molecule has 1 aromatic carbocycles. The molecule has 5 nitrogen and oxygen atoms in total. The standard InChI is InChI=1S/C15H15N3O2/c1-9(2)18-14(11-8-10(19)5-6-13(11)20)17-12-4-3-7-16-15(12)18/h3-9,19-20H,1-2H3. The molecule has 0 fully saturated rings. The summed E-state index contributed by atoms with van der Waals surface area (Å²) in [4.78, 5) is 8.89. The number of phenols is 2. The number of hydrogen-bond donors (Lipinski definition) is 2. The fourth-order valence-electron chi connectivity index (χ4n) is 2.31. The lowest BCUT2D eigenvalue weighted by Crippen LogP contribution is -2.04. The normalized spacial score (nSPS) is 11.3. The summed E-state index contributed by atoms with van der Waals surface area (Å²) in [7, 11) is 0. The lowest BCUT2D eigenvalue weighted by molar-refractivity contribution is 0.461. The van der Waals surface area contributed by atoms with Gasteiger partial charge in [0.2, 0.25) is 0 Å². The van der Waals surface area contributed by atoms with Crippen LogP contribution in [0.15, 0.2) is 36.5 Å². The zero-order valence-corrected chi connectivity index (χ0v) is 11.3. The number of pyridine rings is 1. The third kappa shape index (κ3) is 1.87. The van der Waals surface area contributed by atoms with Crippen LogP contribution < -0.4 is 0 Å². The maximum absolute atomic E-state index is 10.0. The van der Waals surface area contributed by atoms with Gasteiger partial charge in [0, 0.05) is 12.2 Å². The quantitative estimate of drug-likeness (QED) is 0.701. The fourth-order valence-corrected chi connectivity index (χ4v) is 2.31. The molecule has 0 atom stereocenters. The summed E-state index contributed by atoms with van der Waals surface area (Å²) in [6, 6.07) is 8.25. The second-order valence-corrected chi connectivity index (χ2v) is 4.95. The van der Waals surface area contributed by atoms with E-state index in [1.54, 1.807) is 6.20 Å². The predicted molar refractivity (Wildman–Crippen MR) is 76.7 cm³/mol. The van der Waals surface area contributed by atoms with Crippen LogP contribution in [0.3, 0.4) is 0 Å². The smallest absolute Gasteiger partial charge is 0.160 e. The van der Waals surface area contributed by atoms with Crippen LogP contribution in [0.4, 0.5) is 0 Å². The number of benzene rings is 1. The third-order valence-corrected chi connectivity index (χ3v) is 3.19. The number of phenolic OH excluding ortho intramolecular Hbond substituents is 2. The molecule has 20 heavy (non-hydrogen) atoms. The number of aromatic nitrogens is 3. The summed E-state index contributed by atoms with van der Waals surface area (Å²) in [6.07, 6.45) is 1.72. The van der Waals surface area contributed by atoms with Crippen molar-refractivity contribution in [3.05, 3.63) is 36.5 Å². The van der Waals surface area contributed by atoms with Crippen LogP contribution in [0.1, 0.15) is 19.9 Å². The Hall–Kier alpha value is -2.56. The van der Waals surface area contributed by atoms with E-state index in [9.17, 15) is 10.2 Å². The van der Waals surface area contributed by atoms with E-state index in [1.807, 2.05) is 30.5 Å². The molecule has 5 heteroatoms. The summed E-state index contributed by atoms with van der Waals surface area (Å²) >= 11 is 0. The Morgan fingerprint density at radius 2 is 1.95 bits per heavy atom. The van der Waals surface area contributed by atoms with E-state index in [0.717, 1.165) is 11.2 Å². The molecule has 0 spiro atoms. The summed E-state index contributed by atoms with van der Waals surface area (Å²) in [5, 5.41) is 19.7. The largest absolute Gasteiger partial charge is 0.508 e. The molecule has 0 aliphatic carbocycles. The zero-order valence-electron chi connectivity index (χ0n) is 11.3. The predicted octanol–water partition coefficient (Wildman–Crippen LogP) is 3.09. The van der Waals surface area contributed by atoms with Crippen molar-refractivity contribution in [3.63, 3.8) is 0 Å². The van der Waals surface area contributed by atoms with E-state index in [1.165, 1.54) is 18.2 Å². The van der Waals surface area contributed by atoms with Gasteiger partial charge in [-0.3, -0.25) is 0 Å². The number of imidazole rings is 1. The molecule has 2 aromatic heterocycles. The van der Waals surface area contributed by atoms with E-state index in [0.29, 0.717) is 11.4 Å². The van der Waals surface area contributed by atoms with Gasteiger partial charge in [-0.05, 0) is 44.2 Å². The van der Waals surface area contributed by atoms with E-state index < -0.39 is 0 Å². The summed E-state index contributed by atoms with van der Waals surface area (Å²) in [6.45, 7) is 4.05. The van der Waals surface area contributed by atoms with E-state index in [-0.39, 0.29) is 17.5 Å². The topological polar surface area (TPSA) is 71.2 Å². The van der Waals surface area contributed by atoms with Crippen LogP contribution >= 0.6 is 0 Å². The van der Waals surface area contributed by atoms with Gasteiger partial charge < -0.3 is 14.8 Å². The molecule has 2 N–H and O–H groups in total. The van der Waals surface area contributed by atoms with E-state index in [2.05, 4.69) is 9.97 Å². The zero-order chi connectivity index (χ0) is 14.3. The Bertz CT molecular complexity index is 778. The summed E-state index contributed by atoms with van der Waals surface area (Å²) in [5.41, 5.74) is 2.02. The Morgan fingerprint density at radius 3 is 2.70 bits per heavy atom. The summed E-state index contributed by atoms with van der Waals surface area (Å²) in [5.74, 6) is 0.773. The van der Waals surface area contributed by atoms with Crippen molar-refractivity contribution >= 4 is 11.2 Å². The lowest BCUT2D eigenvalue weighted by atomic mass is 10.1. The van der Waals surface area contributed by atoms with Crippen LogP contribution in [-0.4, -0.2) is 24.7 Å². The van der Waals surface area contributed by atoms with E-state index >= 15 is 0 Å². The van der Waals surface area contributed by atoms with Gasteiger partial charge in [-0.1, -0.05) is 0 Å². The molecule has 0 unspecified atom stereocenters. The van der Waals surface area contributed by atoms with Gasteiger partial charge >= 0.3 is 0 Å². The molecule has 0 amide bonds. The Kier molecular flexibility index (Phi) is 2.82. The van der Waals surface area contributed by atoms with Crippen molar-refractivity contribution in [3.8, 4) is 22.9 Å². The first kappa shape index (κ1) is 12.5. The van der Waals surface area contributed by atoms with Gasteiger partial charge in [0.1, 0.15) is 22.8 Å². The van der Waals surface area contributed by atoms with Crippen molar-refractivity contribution < 1.29 is 10.2 Å². The molecule has 2 heterocycles. The molecule has 0 bridgehead atoms. The molecule has 0 saturated heterocycles. The van der Waals surface area contributed by atoms with Crippen molar-refractivity contribution in [1.82, 2.24) is 14.5 Å². The average molecular weight is 269 g/mol. The number of fused-ring (bicyclic) bond motifs is 1. The van der Waals surface area contributed by atoms with Crippen LogP contribution in [-0.2, 0) is 0 Å². The second-order valence-electron chi connectivity index (χ2n) is 4.95. The first-order valence-electron chi connectivity index (χ1n) is 6.43. The molecule has 0 radical (unpaired) electrons. The highest BCUT2D eigenvalue weighted by molar-refractivity contribution is 5.79. The molecule has 0 saturated carbocycles. The van der Waals surface area contributed by atoms with Crippen molar-refractivity contribution in [2.24, 2.45) is 0 Å². The SMILES string of the molecule is CC(C)n1c(-c2cc(O)ccc2O)nc2cccnc21. The highest BCUT2D eigenvalue weighted by atomic mass is 16.3. The minimum Gasteiger partial charge on any atom is -0.508 e. The van der Waals surface area contributed by atoms with Crippen molar-refractivity contribution in [2.75, 3.05) is 0 Å². The molecule has 3 rings (SSSR count). The number of nitrogens with zero attached hydrogens (tertiary/aromatic N) is 3. The van der Waals surface area contributed by atoms with Crippen molar-refractivity contribution in [1.29, 1.82) is 0 Å². The molecule has 102 valence electrons. The highest BCUT2D eigenvalue weighted by Gasteiger charge is 2.18. The molecular weight excluding hydrogens is 254 g/mol. The van der Waals surface area contributed by atoms with Crippen LogP contribution in [0, 0.1) is 0 Å². The second kappa shape index (κ2) is 4.52. The molecule has 3 aromatic rings. The fraction of sp³-hybridized carbons (Fsp3) is 0.200. The van der Waals surface area contributed by atoms with Gasteiger partial charge in [-0.2, -0.15) is 0 Å². The Balaban J connectivity index is 2.35. The minimum atomic E-state index is 0.0833. The third-order valence-electron chi connectivity index (χ3n) is 3.19. The van der Waals surface area contributed by atoms with Crippen LogP contribution in [0.25, 0.3) is 22.6 Å². The van der Waals surface area contributed by atoms with Crippen LogP contribution in [0.2, 0.25) is 0 Å². The molecule has 0 aliphatic heterocycles. The first-order valence-corrected chi connectivity index (χ1v) is 6.43. The number of hydrogen-bond acceptors (Lipinski definition) is 4. The Labute approximate surface area is 116 Å². The average Bonchev–Trinajstić information content (AvgIpc) is 2.80. The van der Waals surface area contributed by atoms with Gasteiger partial charge in [0.05, 0.1) is 5.56 Å². The molecular formula is C15H15N3O2. The van der Waals surface area contributed by atoms with Gasteiger partial charge in [0.25, 0.3) is 0 Å². The molecule has 0 aliphatic rings. The minimum absolute atomic E-state index is 0.0833. The highest BCUT2D eigenvalue weighted by Crippen LogP contribution is 2.34. The van der Waals surface area contributed by atoms with Crippen molar-refractivity contribution in [2.45, 2.75) is 19.9 Å². The van der Waals surface area contributed by atoms with Gasteiger partial charge in [0.15, 0.2) is 5.65 Å². The number of aromatic hydroxyl groups is 2.